The number of methoxy groups -OCH3 is 1. The zero-order chi connectivity index (χ0) is 22.6. The van der Waals surface area contributed by atoms with Gasteiger partial charge in [0.15, 0.2) is 4.80 Å². The number of ether oxygens (including phenoxy) is 1. The average molecular weight is 462 g/mol. The number of rotatable bonds is 8. The van der Waals surface area contributed by atoms with Gasteiger partial charge >= 0.3 is 0 Å². The minimum absolute atomic E-state index is 0.167. The Bertz CT molecular complexity index is 1240. The molecule has 0 spiro atoms. The molecule has 31 heavy (non-hydrogen) atoms. The van der Waals surface area contributed by atoms with Crippen molar-refractivity contribution >= 4 is 37.5 Å². The van der Waals surface area contributed by atoms with E-state index in [-0.39, 0.29) is 4.90 Å². The van der Waals surface area contributed by atoms with Crippen molar-refractivity contribution in [2.75, 3.05) is 26.8 Å². The maximum Gasteiger partial charge on any atom is 0.279 e. The van der Waals surface area contributed by atoms with Crippen molar-refractivity contribution < 1.29 is 17.9 Å². The van der Waals surface area contributed by atoms with Gasteiger partial charge in [0, 0.05) is 32.3 Å². The van der Waals surface area contributed by atoms with Gasteiger partial charge in [0.25, 0.3) is 5.91 Å². The highest BCUT2D eigenvalue weighted by molar-refractivity contribution is 7.89. The fourth-order valence-corrected chi connectivity index (χ4v) is 6.01. The first-order valence-electron chi connectivity index (χ1n) is 10.1. The number of nitrogens with zero attached hydrogens (tertiary/aromatic N) is 3. The van der Waals surface area contributed by atoms with E-state index in [0.29, 0.717) is 36.6 Å². The third-order valence-corrected chi connectivity index (χ3v) is 8.17. The molecule has 0 unspecified atom stereocenters. The van der Waals surface area contributed by atoms with Crippen molar-refractivity contribution in [2.45, 2.75) is 32.2 Å². The SMILES string of the molecule is CCN(CC)S(=O)(=O)c1ccc(C(=O)N=c2sc3cccc(C)c3n2CCOC)cc1. The molecule has 3 rings (SSSR count). The second kappa shape index (κ2) is 9.86. The van der Waals surface area contributed by atoms with Gasteiger partial charge < -0.3 is 9.30 Å². The van der Waals surface area contributed by atoms with Gasteiger partial charge in [0.2, 0.25) is 10.0 Å². The zero-order valence-corrected chi connectivity index (χ0v) is 19.8. The highest BCUT2D eigenvalue weighted by Gasteiger charge is 2.21. The number of hydrogen-bond acceptors (Lipinski definition) is 5. The van der Waals surface area contributed by atoms with Crippen LogP contribution in [0.5, 0.6) is 0 Å². The van der Waals surface area contributed by atoms with E-state index < -0.39 is 15.9 Å². The molecule has 3 aromatic rings. The molecular formula is C22H27N3O4S2. The lowest BCUT2D eigenvalue weighted by atomic mass is 10.2. The Morgan fingerprint density at radius 2 is 1.81 bits per heavy atom. The molecule has 0 saturated carbocycles. The molecule has 0 saturated heterocycles. The number of fused-ring (bicyclic) bond motifs is 1. The van der Waals surface area contributed by atoms with Crippen LogP contribution in [0.3, 0.4) is 0 Å². The normalized spacial score (nSPS) is 12.7. The molecule has 0 N–H and O–H groups in total. The predicted octanol–water partition coefficient (Wildman–Crippen LogP) is 3.43. The van der Waals surface area contributed by atoms with E-state index in [1.165, 1.54) is 39.9 Å². The minimum atomic E-state index is -3.57. The number of aromatic nitrogens is 1. The summed E-state index contributed by atoms with van der Waals surface area (Å²) < 4.78 is 34.9. The van der Waals surface area contributed by atoms with E-state index in [0.717, 1.165) is 15.8 Å². The first-order chi connectivity index (χ1) is 14.8. The van der Waals surface area contributed by atoms with Crippen LogP contribution in [-0.4, -0.2) is 50.0 Å². The maximum absolute atomic E-state index is 12.8. The third kappa shape index (κ3) is 4.79. The van der Waals surface area contributed by atoms with Crippen molar-refractivity contribution in [1.29, 1.82) is 0 Å². The van der Waals surface area contributed by atoms with Crippen LogP contribution >= 0.6 is 11.3 Å². The molecule has 166 valence electrons. The van der Waals surface area contributed by atoms with Crippen molar-refractivity contribution in [2.24, 2.45) is 4.99 Å². The number of carbonyl (C=O) groups is 1. The standard InChI is InChI=1S/C22H27N3O4S2/c1-5-24(6-2)31(27,28)18-12-10-17(11-13-18)21(26)23-22-25(14-15-29-4)20-16(3)8-7-9-19(20)30-22/h7-13H,5-6,14-15H2,1-4H3. The number of benzene rings is 2. The van der Waals surface area contributed by atoms with Crippen LogP contribution in [0.1, 0.15) is 29.8 Å². The quantitative estimate of drug-likeness (QED) is 0.515. The number of hydrogen-bond donors (Lipinski definition) is 0. The topological polar surface area (TPSA) is 81.0 Å². The summed E-state index contributed by atoms with van der Waals surface area (Å²) in [6.07, 6.45) is 0. The van der Waals surface area contributed by atoms with E-state index in [4.69, 9.17) is 4.74 Å². The van der Waals surface area contributed by atoms with Crippen molar-refractivity contribution in [3.05, 3.63) is 58.4 Å². The predicted molar refractivity (Wildman–Crippen MR) is 123 cm³/mol. The van der Waals surface area contributed by atoms with Gasteiger partial charge in [0.05, 0.1) is 21.7 Å². The highest BCUT2D eigenvalue weighted by Crippen LogP contribution is 2.21. The van der Waals surface area contributed by atoms with Crippen LogP contribution in [-0.2, 0) is 21.3 Å². The molecule has 0 aliphatic heterocycles. The maximum atomic E-state index is 12.8. The number of thiazole rings is 1. The third-order valence-electron chi connectivity index (χ3n) is 5.06. The first kappa shape index (κ1) is 23.3. The van der Waals surface area contributed by atoms with Gasteiger partial charge in [0.1, 0.15) is 0 Å². The highest BCUT2D eigenvalue weighted by atomic mass is 32.2. The molecule has 0 radical (unpaired) electrons. The second-order valence-electron chi connectivity index (χ2n) is 6.98. The van der Waals surface area contributed by atoms with E-state index in [2.05, 4.69) is 4.99 Å². The van der Waals surface area contributed by atoms with Crippen LogP contribution in [0.25, 0.3) is 10.2 Å². The number of para-hydroxylation sites is 1. The Balaban J connectivity index is 1.99. The van der Waals surface area contributed by atoms with Gasteiger partial charge in [-0.25, -0.2) is 8.42 Å². The molecule has 0 bridgehead atoms. The molecule has 0 atom stereocenters. The van der Waals surface area contributed by atoms with Gasteiger partial charge in [-0.05, 0) is 42.8 Å². The lowest BCUT2D eigenvalue weighted by Crippen LogP contribution is -2.30. The Labute approximate surface area is 186 Å². The molecule has 1 aromatic heterocycles. The molecule has 0 fully saturated rings. The summed E-state index contributed by atoms with van der Waals surface area (Å²) in [4.78, 5) is 17.9. The smallest absolute Gasteiger partial charge is 0.279 e. The average Bonchev–Trinajstić information content (AvgIpc) is 3.11. The summed E-state index contributed by atoms with van der Waals surface area (Å²) >= 11 is 1.45. The Kier molecular flexibility index (Phi) is 7.42. The van der Waals surface area contributed by atoms with Crippen LogP contribution < -0.4 is 4.80 Å². The van der Waals surface area contributed by atoms with Crippen LogP contribution in [0, 0.1) is 6.92 Å². The molecule has 7 nitrogen and oxygen atoms in total. The molecule has 1 amide bonds. The largest absolute Gasteiger partial charge is 0.383 e. The van der Waals surface area contributed by atoms with Gasteiger partial charge in [-0.2, -0.15) is 9.30 Å². The Hall–Kier alpha value is -2.33. The molecular weight excluding hydrogens is 434 g/mol. The van der Waals surface area contributed by atoms with Crippen molar-refractivity contribution in [3.63, 3.8) is 0 Å². The summed E-state index contributed by atoms with van der Waals surface area (Å²) in [5.74, 6) is -0.415. The molecule has 1 heterocycles. The Morgan fingerprint density at radius 1 is 1.13 bits per heavy atom. The van der Waals surface area contributed by atoms with E-state index in [1.807, 2.05) is 29.7 Å². The number of aryl methyl sites for hydroxylation is 1. The van der Waals surface area contributed by atoms with E-state index in [1.54, 1.807) is 21.0 Å². The summed E-state index contributed by atoms with van der Waals surface area (Å²) in [6.45, 7) is 7.48. The lowest BCUT2D eigenvalue weighted by Gasteiger charge is -2.18. The second-order valence-corrected chi connectivity index (χ2v) is 9.93. The zero-order valence-electron chi connectivity index (χ0n) is 18.2. The van der Waals surface area contributed by atoms with Gasteiger partial charge in [-0.15, -0.1) is 0 Å². The minimum Gasteiger partial charge on any atom is -0.383 e. The fraction of sp³-hybridized carbons (Fsp3) is 0.364. The van der Waals surface area contributed by atoms with Crippen molar-refractivity contribution in [3.8, 4) is 0 Å². The summed E-state index contributed by atoms with van der Waals surface area (Å²) in [7, 11) is -1.93. The fourth-order valence-electron chi connectivity index (χ4n) is 3.42. The van der Waals surface area contributed by atoms with Crippen molar-refractivity contribution in [1.82, 2.24) is 8.87 Å². The Morgan fingerprint density at radius 3 is 2.42 bits per heavy atom. The number of sulfonamides is 1. The molecule has 2 aromatic carbocycles. The number of amides is 1. The molecule has 9 heteroatoms. The summed E-state index contributed by atoms with van der Waals surface area (Å²) in [5.41, 5.74) is 2.48. The number of carbonyl (C=O) groups excluding carboxylic acids is 1. The van der Waals surface area contributed by atoms with Gasteiger partial charge in [-0.1, -0.05) is 37.3 Å². The van der Waals surface area contributed by atoms with Crippen LogP contribution in [0.2, 0.25) is 0 Å². The lowest BCUT2D eigenvalue weighted by molar-refractivity contribution is 0.0997. The van der Waals surface area contributed by atoms with Crippen LogP contribution in [0.15, 0.2) is 52.4 Å². The van der Waals surface area contributed by atoms with Gasteiger partial charge in [-0.3, -0.25) is 4.79 Å². The molecule has 0 aliphatic carbocycles. The van der Waals surface area contributed by atoms with Crippen LogP contribution in [0.4, 0.5) is 0 Å². The monoisotopic (exact) mass is 461 g/mol. The summed E-state index contributed by atoms with van der Waals surface area (Å²) in [6, 6.07) is 12.0. The van der Waals surface area contributed by atoms with E-state index in [9.17, 15) is 13.2 Å². The summed E-state index contributed by atoms with van der Waals surface area (Å²) in [5, 5.41) is 0. The molecule has 0 aliphatic rings. The van der Waals surface area contributed by atoms with E-state index >= 15 is 0 Å². The first-order valence-corrected chi connectivity index (χ1v) is 12.4.